The normalized spacial score (nSPS) is 11.2. The second-order valence-electron chi connectivity index (χ2n) is 2.90. The smallest absolute Gasteiger partial charge is 0.332 e. The molecule has 0 spiro atoms. The molecule has 0 radical (unpaired) electrons. The van der Waals surface area contributed by atoms with Crippen molar-refractivity contribution >= 4 is 23.5 Å². The first-order valence-electron chi connectivity index (χ1n) is 4.37. The number of hydrogen-bond acceptors (Lipinski definition) is 3. The van der Waals surface area contributed by atoms with E-state index in [2.05, 4.69) is 10.5 Å². The van der Waals surface area contributed by atoms with Gasteiger partial charge in [-0.15, -0.1) is 11.8 Å². The van der Waals surface area contributed by atoms with Gasteiger partial charge in [0.05, 0.1) is 5.71 Å². The Bertz CT molecular complexity index is 373. The van der Waals surface area contributed by atoms with Crippen LogP contribution in [0.15, 0.2) is 34.3 Å². The molecule has 4 nitrogen and oxygen atoms in total. The van der Waals surface area contributed by atoms with Crippen molar-refractivity contribution in [2.75, 3.05) is 6.26 Å². The summed E-state index contributed by atoms with van der Waals surface area (Å²) in [7, 11) is 0. The van der Waals surface area contributed by atoms with E-state index >= 15 is 0 Å². The van der Waals surface area contributed by atoms with Gasteiger partial charge in [-0.25, -0.2) is 10.2 Å². The Hall–Kier alpha value is -1.49. The SMILES string of the molecule is CSc1ccc(/C(C)=N\NC(N)=O)cc1. The molecule has 0 aromatic heterocycles. The van der Waals surface area contributed by atoms with Gasteiger partial charge in [0, 0.05) is 4.90 Å². The first-order chi connectivity index (χ1) is 7.13. The van der Waals surface area contributed by atoms with Crippen LogP contribution in [-0.2, 0) is 0 Å². The van der Waals surface area contributed by atoms with Crippen molar-refractivity contribution in [3.05, 3.63) is 29.8 Å². The van der Waals surface area contributed by atoms with Crippen molar-refractivity contribution < 1.29 is 4.79 Å². The lowest BCUT2D eigenvalue weighted by Gasteiger charge is -2.02. The fourth-order valence-corrected chi connectivity index (χ4v) is 1.44. The first-order valence-corrected chi connectivity index (χ1v) is 5.60. The van der Waals surface area contributed by atoms with E-state index < -0.39 is 6.03 Å². The van der Waals surface area contributed by atoms with Gasteiger partial charge >= 0.3 is 6.03 Å². The molecule has 1 rings (SSSR count). The van der Waals surface area contributed by atoms with Gasteiger partial charge in [0.25, 0.3) is 0 Å². The van der Waals surface area contributed by atoms with Crippen LogP contribution in [0, 0.1) is 0 Å². The van der Waals surface area contributed by atoms with Crippen molar-refractivity contribution in [1.82, 2.24) is 5.43 Å². The molecule has 1 aromatic carbocycles. The Morgan fingerprint density at radius 1 is 1.40 bits per heavy atom. The molecule has 0 heterocycles. The minimum absolute atomic E-state index is 0.657. The molecule has 0 bridgehead atoms. The number of benzene rings is 1. The lowest BCUT2D eigenvalue weighted by molar-refractivity contribution is 0.249. The zero-order valence-corrected chi connectivity index (χ0v) is 9.47. The van der Waals surface area contributed by atoms with Crippen LogP contribution in [0.25, 0.3) is 0 Å². The molecule has 0 saturated carbocycles. The predicted octanol–water partition coefficient (Wildman–Crippen LogP) is 1.80. The van der Waals surface area contributed by atoms with Gasteiger partial charge in [0.15, 0.2) is 0 Å². The van der Waals surface area contributed by atoms with E-state index in [1.54, 1.807) is 11.8 Å². The summed E-state index contributed by atoms with van der Waals surface area (Å²) in [5.41, 5.74) is 8.78. The van der Waals surface area contributed by atoms with Crippen molar-refractivity contribution in [2.24, 2.45) is 10.8 Å². The highest BCUT2D eigenvalue weighted by molar-refractivity contribution is 7.98. The zero-order valence-electron chi connectivity index (χ0n) is 8.65. The quantitative estimate of drug-likeness (QED) is 0.466. The molecule has 2 amide bonds. The maximum Gasteiger partial charge on any atom is 0.332 e. The molecule has 5 heteroatoms. The molecule has 80 valence electrons. The van der Waals surface area contributed by atoms with Crippen molar-refractivity contribution in [3.63, 3.8) is 0 Å². The number of carbonyl (C=O) groups is 1. The van der Waals surface area contributed by atoms with Gasteiger partial charge in [-0.2, -0.15) is 5.10 Å². The predicted molar refractivity (Wildman–Crippen MR) is 63.2 cm³/mol. The molecule has 0 fully saturated rings. The van der Waals surface area contributed by atoms with Crippen molar-refractivity contribution in [3.8, 4) is 0 Å². The van der Waals surface area contributed by atoms with E-state index in [9.17, 15) is 4.79 Å². The molecule has 0 unspecified atom stereocenters. The summed E-state index contributed by atoms with van der Waals surface area (Å²) in [6.45, 7) is 1.81. The Labute approximate surface area is 92.9 Å². The Morgan fingerprint density at radius 2 is 2.00 bits per heavy atom. The first kappa shape index (κ1) is 11.6. The molecule has 0 saturated heterocycles. The number of primary amides is 1. The third-order valence-electron chi connectivity index (χ3n) is 1.84. The number of amides is 2. The molecule has 3 N–H and O–H groups in total. The van der Waals surface area contributed by atoms with Gasteiger partial charge in [0.1, 0.15) is 0 Å². The molecule has 15 heavy (non-hydrogen) atoms. The summed E-state index contributed by atoms with van der Waals surface area (Å²) < 4.78 is 0. The molecule has 0 aliphatic carbocycles. The second kappa shape index (κ2) is 5.41. The number of nitrogens with zero attached hydrogens (tertiary/aromatic N) is 1. The average Bonchev–Trinajstić information content (AvgIpc) is 2.26. The number of carbonyl (C=O) groups excluding carboxylic acids is 1. The monoisotopic (exact) mass is 223 g/mol. The van der Waals surface area contributed by atoms with Crippen LogP contribution in [0.2, 0.25) is 0 Å². The average molecular weight is 223 g/mol. The lowest BCUT2D eigenvalue weighted by Crippen LogP contribution is -2.25. The summed E-state index contributed by atoms with van der Waals surface area (Å²) >= 11 is 1.68. The molecule has 0 atom stereocenters. The van der Waals surface area contributed by atoms with Gasteiger partial charge in [-0.3, -0.25) is 0 Å². The highest BCUT2D eigenvalue weighted by Crippen LogP contribution is 2.15. The number of thioether (sulfide) groups is 1. The van der Waals surface area contributed by atoms with Gasteiger partial charge in [-0.1, -0.05) is 12.1 Å². The highest BCUT2D eigenvalue weighted by Gasteiger charge is 1.98. The zero-order chi connectivity index (χ0) is 11.3. The van der Waals surface area contributed by atoms with Crippen LogP contribution < -0.4 is 11.2 Å². The summed E-state index contributed by atoms with van der Waals surface area (Å²) in [5.74, 6) is 0. The van der Waals surface area contributed by atoms with E-state index in [1.165, 1.54) is 4.90 Å². The van der Waals surface area contributed by atoms with E-state index in [0.29, 0.717) is 0 Å². The number of rotatable bonds is 3. The summed E-state index contributed by atoms with van der Waals surface area (Å²) in [5, 5.41) is 3.83. The standard InChI is InChI=1S/C10H13N3OS/c1-7(12-13-10(11)14)8-3-5-9(15-2)6-4-8/h3-6H,1-2H3,(H3,11,13,14)/b12-7-. The summed E-state index contributed by atoms with van der Waals surface area (Å²) in [6, 6.07) is 7.25. The van der Waals surface area contributed by atoms with Gasteiger partial charge < -0.3 is 5.73 Å². The number of hydrazone groups is 1. The third kappa shape index (κ3) is 3.63. The fraction of sp³-hybridized carbons (Fsp3) is 0.200. The van der Waals surface area contributed by atoms with Crippen LogP contribution in [-0.4, -0.2) is 18.0 Å². The van der Waals surface area contributed by atoms with E-state index in [1.807, 2.05) is 37.4 Å². The lowest BCUT2D eigenvalue weighted by atomic mass is 10.1. The molecule has 0 aliphatic rings. The number of hydrogen-bond donors (Lipinski definition) is 2. The Morgan fingerprint density at radius 3 is 2.47 bits per heavy atom. The largest absolute Gasteiger partial charge is 0.350 e. The maximum atomic E-state index is 10.4. The van der Waals surface area contributed by atoms with Crippen LogP contribution >= 0.6 is 11.8 Å². The van der Waals surface area contributed by atoms with E-state index in [4.69, 9.17) is 5.73 Å². The summed E-state index contributed by atoms with van der Waals surface area (Å²) in [4.78, 5) is 11.6. The van der Waals surface area contributed by atoms with Crippen LogP contribution in [0.1, 0.15) is 12.5 Å². The molecule has 1 aromatic rings. The number of urea groups is 1. The van der Waals surface area contributed by atoms with Crippen LogP contribution in [0.4, 0.5) is 4.79 Å². The molecule has 0 aliphatic heterocycles. The number of nitrogens with one attached hydrogen (secondary N) is 1. The van der Waals surface area contributed by atoms with Gasteiger partial charge in [-0.05, 0) is 30.9 Å². The minimum Gasteiger partial charge on any atom is -0.350 e. The number of nitrogens with two attached hydrogens (primary N) is 1. The Balaban J connectivity index is 2.77. The summed E-state index contributed by atoms with van der Waals surface area (Å²) in [6.07, 6.45) is 2.02. The van der Waals surface area contributed by atoms with E-state index in [0.717, 1.165) is 11.3 Å². The van der Waals surface area contributed by atoms with Crippen molar-refractivity contribution in [1.29, 1.82) is 0 Å². The second-order valence-corrected chi connectivity index (χ2v) is 3.78. The van der Waals surface area contributed by atoms with Crippen LogP contribution in [0.5, 0.6) is 0 Å². The maximum absolute atomic E-state index is 10.4. The van der Waals surface area contributed by atoms with Crippen molar-refractivity contribution in [2.45, 2.75) is 11.8 Å². The van der Waals surface area contributed by atoms with Gasteiger partial charge in [0.2, 0.25) is 0 Å². The Kier molecular flexibility index (Phi) is 4.17. The topological polar surface area (TPSA) is 67.5 Å². The fourth-order valence-electron chi connectivity index (χ4n) is 1.04. The highest BCUT2D eigenvalue weighted by atomic mass is 32.2. The molecular weight excluding hydrogens is 210 g/mol. The third-order valence-corrected chi connectivity index (χ3v) is 2.59. The van der Waals surface area contributed by atoms with Crippen LogP contribution in [0.3, 0.4) is 0 Å². The molecular formula is C10H13N3OS. The van der Waals surface area contributed by atoms with E-state index in [-0.39, 0.29) is 0 Å². The minimum atomic E-state index is -0.657.